The van der Waals surface area contributed by atoms with Crippen molar-refractivity contribution in [3.63, 3.8) is 0 Å². The highest BCUT2D eigenvalue weighted by atomic mass is 35.5. The molecule has 0 atom stereocenters. The maximum absolute atomic E-state index is 12.3. The van der Waals surface area contributed by atoms with Crippen molar-refractivity contribution >= 4 is 45.0 Å². The van der Waals surface area contributed by atoms with Crippen LogP contribution < -0.4 is 0 Å². The standard InChI is InChI=1S/C15H13ClN2O2S/c16-14-10-3-1-2-4-11(10)21-12(14)7-18-13(19)8-17(15(18)20)9-5-6-9/h1-4,9H,5-8H2. The van der Waals surface area contributed by atoms with E-state index in [1.54, 1.807) is 16.2 Å². The number of carbonyl (C=O) groups is 2. The highest BCUT2D eigenvalue weighted by Gasteiger charge is 2.43. The lowest BCUT2D eigenvalue weighted by molar-refractivity contribution is -0.125. The lowest BCUT2D eigenvalue weighted by atomic mass is 10.2. The smallest absolute Gasteiger partial charge is 0.312 e. The molecule has 2 aromatic rings. The highest BCUT2D eigenvalue weighted by Crippen LogP contribution is 2.37. The Morgan fingerprint density at radius 3 is 2.71 bits per heavy atom. The van der Waals surface area contributed by atoms with Gasteiger partial charge in [-0.3, -0.25) is 9.69 Å². The van der Waals surface area contributed by atoms with Gasteiger partial charge in [-0.25, -0.2) is 4.79 Å². The van der Waals surface area contributed by atoms with E-state index in [0.29, 0.717) is 5.02 Å². The summed E-state index contributed by atoms with van der Waals surface area (Å²) >= 11 is 7.93. The van der Waals surface area contributed by atoms with Crippen LogP contribution in [0, 0.1) is 0 Å². The zero-order valence-corrected chi connectivity index (χ0v) is 12.8. The minimum atomic E-state index is -0.170. The number of rotatable bonds is 3. The summed E-state index contributed by atoms with van der Waals surface area (Å²) in [6.07, 6.45) is 2.02. The molecule has 0 unspecified atom stereocenters. The van der Waals surface area contributed by atoms with Gasteiger partial charge >= 0.3 is 6.03 Å². The van der Waals surface area contributed by atoms with Crippen LogP contribution in [0.4, 0.5) is 4.79 Å². The second kappa shape index (κ2) is 4.71. The zero-order valence-electron chi connectivity index (χ0n) is 11.2. The second-order valence-electron chi connectivity index (χ2n) is 5.46. The molecule has 21 heavy (non-hydrogen) atoms. The summed E-state index contributed by atoms with van der Waals surface area (Å²) in [5.41, 5.74) is 0. The van der Waals surface area contributed by atoms with E-state index in [-0.39, 0.29) is 31.1 Å². The first-order chi connectivity index (χ1) is 10.1. The monoisotopic (exact) mass is 320 g/mol. The Balaban J connectivity index is 1.63. The number of hydrogen-bond donors (Lipinski definition) is 0. The van der Waals surface area contributed by atoms with E-state index in [9.17, 15) is 9.59 Å². The van der Waals surface area contributed by atoms with E-state index in [0.717, 1.165) is 27.8 Å². The van der Waals surface area contributed by atoms with Crippen LogP contribution in [0.15, 0.2) is 24.3 Å². The van der Waals surface area contributed by atoms with Gasteiger partial charge in [0.2, 0.25) is 0 Å². The molecule has 3 amide bonds. The number of urea groups is 1. The van der Waals surface area contributed by atoms with Crippen molar-refractivity contribution in [3.05, 3.63) is 34.2 Å². The van der Waals surface area contributed by atoms with Gasteiger partial charge in [-0.1, -0.05) is 29.8 Å². The molecule has 1 saturated carbocycles. The van der Waals surface area contributed by atoms with Crippen LogP contribution in [0.2, 0.25) is 5.02 Å². The number of halogens is 1. The maximum Gasteiger partial charge on any atom is 0.327 e. The van der Waals surface area contributed by atoms with Gasteiger partial charge in [-0.05, 0) is 18.9 Å². The molecule has 2 aliphatic rings. The van der Waals surface area contributed by atoms with Crippen LogP contribution in [0.3, 0.4) is 0 Å². The number of carbonyl (C=O) groups excluding carboxylic acids is 2. The Morgan fingerprint density at radius 2 is 2.00 bits per heavy atom. The molecule has 108 valence electrons. The third-order valence-corrected chi connectivity index (χ3v) is 5.67. The summed E-state index contributed by atoms with van der Waals surface area (Å²) in [7, 11) is 0. The fraction of sp³-hybridized carbons (Fsp3) is 0.333. The third kappa shape index (κ3) is 2.12. The van der Waals surface area contributed by atoms with Crippen LogP contribution in [0.1, 0.15) is 17.7 Å². The molecule has 1 aromatic heterocycles. The molecular formula is C15H13ClN2O2S. The Labute approximate surface area is 130 Å². The van der Waals surface area contributed by atoms with Gasteiger partial charge in [0.25, 0.3) is 5.91 Å². The largest absolute Gasteiger partial charge is 0.327 e. The molecule has 0 spiro atoms. The number of thiophene rings is 1. The summed E-state index contributed by atoms with van der Waals surface area (Å²) in [6.45, 7) is 0.491. The number of hydrogen-bond acceptors (Lipinski definition) is 3. The lowest BCUT2D eigenvalue weighted by Crippen LogP contribution is -2.33. The first kappa shape index (κ1) is 13.1. The minimum absolute atomic E-state index is 0.125. The first-order valence-electron chi connectivity index (χ1n) is 6.92. The number of benzene rings is 1. The van der Waals surface area contributed by atoms with Crippen LogP contribution in [0.5, 0.6) is 0 Å². The van der Waals surface area contributed by atoms with Crippen molar-refractivity contribution in [1.82, 2.24) is 9.80 Å². The molecular weight excluding hydrogens is 308 g/mol. The number of amides is 3. The van der Waals surface area contributed by atoms with Crippen molar-refractivity contribution in [3.8, 4) is 0 Å². The maximum atomic E-state index is 12.3. The molecule has 0 N–H and O–H groups in total. The van der Waals surface area contributed by atoms with E-state index in [1.807, 2.05) is 24.3 Å². The molecule has 4 nitrogen and oxygen atoms in total. The van der Waals surface area contributed by atoms with E-state index in [1.165, 1.54) is 4.90 Å². The summed E-state index contributed by atoms with van der Waals surface area (Å²) in [6, 6.07) is 7.95. The van der Waals surface area contributed by atoms with Gasteiger partial charge in [0.05, 0.1) is 11.6 Å². The molecule has 2 fully saturated rings. The van der Waals surface area contributed by atoms with Crippen molar-refractivity contribution in [2.45, 2.75) is 25.4 Å². The average Bonchev–Trinajstić information content (AvgIpc) is 3.22. The van der Waals surface area contributed by atoms with E-state index in [4.69, 9.17) is 11.6 Å². The Bertz CT molecular complexity index is 753. The third-order valence-electron chi connectivity index (χ3n) is 3.97. The summed E-state index contributed by atoms with van der Waals surface area (Å²) in [4.78, 5) is 28.3. The van der Waals surface area contributed by atoms with Gasteiger partial charge < -0.3 is 4.90 Å². The molecule has 1 aliphatic heterocycles. The van der Waals surface area contributed by atoms with Crippen molar-refractivity contribution in [2.24, 2.45) is 0 Å². The summed E-state index contributed by atoms with van der Waals surface area (Å²) in [5, 5.41) is 1.64. The topological polar surface area (TPSA) is 40.6 Å². The van der Waals surface area contributed by atoms with Gasteiger partial charge in [-0.15, -0.1) is 11.3 Å². The number of imide groups is 1. The zero-order chi connectivity index (χ0) is 14.6. The van der Waals surface area contributed by atoms with Crippen molar-refractivity contribution in [1.29, 1.82) is 0 Å². The van der Waals surface area contributed by atoms with Crippen LogP contribution in [-0.4, -0.2) is 34.3 Å². The summed E-state index contributed by atoms with van der Waals surface area (Å²) < 4.78 is 1.08. The molecule has 1 aliphatic carbocycles. The van der Waals surface area contributed by atoms with Gasteiger partial charge in [-0.2, -0.15) is 0 Å². The number of fused-ring (bicyclic) bond motifs is 1. The minimum Gasteiger partial charge on any atom is -0.312 e. The SMILES string of the molecule is O=C1CN(C2CC2)C(=O)N1Cc1sc2ccccc2c1Cl. The predicted molar refractivity (Wildman–Crippen MR) is 82.5 cm³/mol. The molecule has 0 radical (unpaired) electrons. The second-order valence-corrected chi connectivity index (χ2v) is 6.97. The van der Waals surface area contributed by atoms with E-state index >= 15 is 0 Å². The molecule has 0 bridgehead atoms. The van der Waals surface area contributed by atoms with E-state index < -0.39 is 0 Å². The van der Waals surface area contributed by atoms with E-state index in [2.05, 4.69) is 0 Å². The molecule has 2 heterocycles. The van der Waals surface area contributed by atoms with Gasteiger partial charge in [0.15, 0.2) is 0 Å². The lowest BCUT2D eigenvalue weighted by Gasteiger charge is -2.15. The molecule has 6 heteroatoms. The fourth-order valence-electron chi connectivity index (χ4n) is 2.70. The van der Waals surface area contributed by atoms with Crippen LogP contribution >= 0.6 is 22.9 Å². The Kier molecular flexibility index (Phi) is 2.94. The highest BCUT2D eigenvalue weighted by molar-refractivity contribution is 7.19. The number of nitrogens with zero attached hydrogens (tertiary/aromatic N) is 2. The average molecular weight is 321 g/mol. The summed E-state index contributed by atoms with van der Waals surface area (Å²) in [5.74, 6) is -0.125. The van der Waals surface area contributed by atoms with Gasteiger partial charge in [0, 0.05) is 21.0 Å². The van der Waals surface area contributed by atoms with Crippen LogP contribution in [0.25, 0.3) is 10.1 Å². The fourth-order valence-corrected chi connectivity index (χ4v) is 4.18. The molecule has 4 rings (SSSR count). The Hall–Kier alpha value is -1.59. The Morgan fingerprint density at radius 1 is 1.24 bits per heavy atom. The van der Waals surface area contributed by atoms with Gasteiger partial charge in [0.1, 0.15) is 6.54 Å². The van der Waals surface area contributed by atoms with Crippen molar-refractivity contribution < 1.29 is 9.59 Å². The predicted octanol–water partition coefficient (Wildman–Crippen LogP) is 3.48. The first-order valence-corrected chi connectivity index (χ1v) is 8.11. The quantitative estimate of drug-likeness (QED) is 0.812. The molecule has 1 saturated heterocycles. The molecule has 1 aromatic carbocycles. The van der Waals surface area contributed by atoms with Crippen molar-refractivity contribution in [2.75, 3.05) is 6.54 Å². The van der Waals surface area contributed by atoms with Crippen LogP contribution in [-0.2, 0) is 11.3 Å². The normalized spacial score (nSPS) is 19.1.